The van der Waals surface area contributed by atoms with Crippen LogP contribution in [0, 0.1) is 0 Å². The minimum Gasteiger partial charge on any atom is -0.469 e. The van der Waals surface area contributed by atoms with Crippen molar-refractivity contribution in [2.24, 2.45) is 0 Å². The van der Waals surface area contributed by atoms with E-state index < -0.39 is 0 Å². The molecule has 0 aromatic heterocycles. The number of urea groups is 1. The van der Waals surface area contributed by atoms with Crippen LogP contribution in [0.5, 0.6) is 0 Å². The quantitative estimate of drug-likeness (QED) is 0.634. The molecule has 0 radical (unpaired) electrons. The molecule has 0 saturated carbocycles. The molecular weight excluding hydrogens is 252 g/mol. The second-order valence-electron chi connectivity index (χ2n) is 3.40. The van der Waals surface area contributed by atoms with Crippen molar-refractivity contribution in [1.82, 2.24) is 5.32 Å². The van der Waals surface area contributed by atoms with Gasteiger partial charge in [-0.2, -0.15) is 0 Å². The smallest absolute Gasteiger partial charge is 0.318 e. The first-order valence-corrected chi connectivity index (χ1v) is 6.42. The Morgan fingerprint density at radius 3 is 2.50 bits per heavy atom. The van der Waals surface area contributed by atoms with Gasteiger partial charge in [0.15, 0.2) is 0 Å². The number of hydrogen-bond donors (Lipinski definition) is 2. The molecule has 18 heavy (non-hydrogen) atoms. The number of ether oxygens (including phenoxy) is 1. The largest absolute Gasteiger partial charge is 0.469 e. The van der Waals surface area contributed by atoms with Crippen LogP contribution < -0.4 is 10.6 Å². The Balaban J connectivity index is 2.40. The lowest BCUT2D eigenvalue weighted by atomic mass is 10.3. The summed E-state index contributed by atoms with van der Waals surface area (Å²) < 4.78 is 4.56. The van der Waals surface area contributed by atoms with E-state index in [-0.39, 0.29) is 12.0 Å². The molecule has 0 aliphatic carbocycles. The number of rotatable bonds is 5. The molecule has 0 fully saturated rings. The maximum atomic E-state index is 11.1. The lowest BCUT2D eigenvalue weighted by molar-refractivity contribution is -0.140. The molecule has 2 N–H and O–H groups in total. The highest BCUT2D eigenvalue weighted by Gasteiger charge is 2.02. The maximum absolute atomic E-state index is 11.1. The number of anilines is 1. The summed E-state index contributed by atoms with van der Waals surface area (Å²) in [5.74, 6) is 0.468. The molecule has 0 spiro atoms. The van der Waals surface area contributed by atoms with E-state index in [0.29, 0.717) is 12.2 Å². The Labute approximate surface area is 110 Å². The molecule has 0 atom stereocenters. The number of nitrogens with one attached hydrogen (secondary N) is 2. The molecule has 0 saturated heterocycles. The number of amides is 2. The van der Waals surface area contributed by atoms with Crippen LogP contribution in [0.15, 0.2) is 29.2 Å². The van der Waals surface area contributed by atoms with Gasteiger partial charge in [-0.15, -0.1) is 11.8 Å². The fourth-order valence-corrected chi connectivity index (χ4v) is 2.02. The molecule has 0 aliphatic heterocycles. The number of hydrogen-bond acceptors (Lipinski definition) is 4. The summed E-state index contributed by atoms with van der Waals surface area (Å²) in [7, 11) is 2.94. The Bertz CT molecular complexity index is 406. The Kier molecular flexibility index (Phi) is 6.07. The van der Waals surface area contributed by atoms with Gasteiger partial charge >= 0.3 is 12.0 Å². The Morgan fingerprint density at radius 1 is 1.28 bits per heavy atom. The number of esters is 1. The summed E-state index contributed by atoms with van der Waals surface area (Å²) in [4.78, 5) is 23.0. The number of methoxy groups -OCH3 is 1. The first-order chi connectivity index (χ1) is 8.65. The van der Waals surface area contributed by atoms with Crippen molar-refractivity contribution in [1.29, 1.82) is 0 Å². The zero-order valence-electron chi connectivity index (χ0n) is 10.4. The van der Waals surface area contributed by atoms with Gasteiger partial charge in [-0.05, 0) is 24.3 Å². The van der Waals surface area contributed by atoms with Crippen LogP contribution in [0.2, 0.25) is 0 Å². The molecule has 1 rings (SSSR count). The van der Waals surface area contributed by atoms with Gasteiger partial charge in [0.1, 0.15) is 0 Å². The van der Waals surface area contributed by atoms with Gasteiger partial charge < -0.3 is 15.4 Å². The van der Waals surface area contributed by atoms with Crippen molar-refractivity contribution in [2.75, 3.05) is 25.2 Å². The van der Waals surface area contributed by atoms with E-state index in [0.717, 1.165) is 10.6 Å². The fourth-order valence-electron chi connectivity index (χ4n) is 1.18. The molecule has 1 aromatic carbocycles. The lowest BCUT2D eigenvalue weighted by Crippen LogP contribution is -2.24. The summed E-state index contributed by atoms with van der Waals surface area (Å²) >= 11 is 1.57. The summed E-state index contributed by atoms with van der Waals surface area (Å²) in [6.07, 6.45) is 0.388. The van der Waals surface area contributed by atoms with Crippen LogP contribution in [-0.4, -0.2) is 31.9 Å². The van der Waals surface area contributed by atoms with Crippen LogP contribution in [0.3, 0.4) is 0 Å². The topological polar surface area (TPSA) is 67.4 Å². The van der Waals surface area contributed by atoms with Gasteiger partial charge in [0.05, 0.1) is 13.5 Å². The predicted octanol–water partition coefficient (Wildman–Crippen LogP) is 2.09. The van der Waals surface area contributed by atoms with E-state index in [2.05, 4.69) is 15.4 Å². The fraction of sp³-hybridized carbons (Fsp3) is 0.333. The lowest BCUT2D eigenvalue weighted by Gasteiger charge is -2.05. The Hall–Kier alpha value is -1.69. The zero-order valence-corrected chi connectivity index (χ0v) is 11.2. The highest BCUT2D eigenvalue weighted by Crippen LogP contribution is 2.21. The second kappa shape index (κ2) is 7.60. The zero-order chi connectivity index (χ0) is 13.4. The molecule has 5 nitrogen and oxygen atoms in total. The molecule has 0 heterocycles. The monoisotopic (exact) mass is 268 g/mol. The van der Waals surface area contributed by atoms with Crippen molar-refractivity contribution in [3.8, 4) is 0 Å². The van der Waals surface area contributed by atoms with Crippen molar-refractivity contribution in [3.05, 3.63) is 24.3 Å². The van der Waals surface area contributed by atoms with E-state index in [4.69, 9.17) is 0 Å². The number of benzene rings is 1. The standard InChI is InChI=1S/C12H16N2O3S/c1-13-12(16)14-9-3-5-10(6-4-9)18-8-7-11(15)17-2/h3-6H,7-8H2,1-2H3,(H2,13,14,16). The van der Waals surface area contributed by atoms with Gasteiger partial charge in [-0.25, -0.2) is 4.79 Å². The third-order valence-corrected chi connectivity index (χ3v) is 3.16. The Morgan fingerprint density at radius 2 is 1.94 bits per heavy atom. The minimum absolute atomic E-state index is 0.208. The molecular formula is C12H16N2O3S. The van der Waals surface area contributed by atoms with E-state index in [1.807, 2.05) is 24.3 Å². The SMILES string of the molecule is CNC(=O)Nc1ccc(SCCC(=O)OC)cc1. The van der Waals surface area contributed by atoms with Crippen LogP contribution in [0.4, 0.5) is 10.5 Å². The number of carbonyl (C=O) groups is 2. The highest BCUT2D eigenvalue weighted by atomic mass is 32.2. The van der Waals surface area contributed by atoms with E-state index in [9.17, 15) is 9.59 Å². The normalized spacial score (nSPS) is 9.67. The predicted molar refractivity (Wildman–Crippen MR) is 71.9 cm³/mol. The van der Waals surface area contributed by atoms with Crippen LogP contribution >= 0.6 is 11.8 Å². The average Bonchev–Trinajstić information content (AvgIpc) is 2.40. The first kappa shape index (κ1) is 14.4. The molecule has 2 amide bonds. The van der Waals surface area contributed by atoms with Crippen LogP contribution in [0.25, 0.3) is 0 Å². The van der Waals surface area contributed by atoms with Gasteiger partial charge in [-0.3, -0.25) is 4.79 Å². The maximum Gasteiger partial charge on any atom is 0.318 e. The van der Waals surface area contributed by atoms with Gasteiger partial charge in [-0.1, -0.05) is 0 Å². The average molecular weight is 268 g/mol. The number of carbonyl (C=O) groups excluding carboxylic acids is 2. The summed E-state index contributed by atoms with van der Waals surface area (Å²) in [5.41, 5.74) is 0.728. The van der Waals surface area contributed by atoms with Gasteiger partial charge in [0, 0.05) is 23.4 Å². The highest BCUT2D eigenvalue weighted by molar-refractivity contribution is 7.99. The molecule has 1 aromatic rings. The summed E-state index contributed by atoms with van der Waals surface area (Å²) in [6, 6.07) is 7.17. The summed E-state index contributed by atoms with van der Waals surface area (Å²) in [5, 5.41) is 5.14. The van der Waals surface area contributed by atoms with Crippen molar-refractivity contribution < 1.29 is 14.3 Å². The molecule has 0 bridgehead atoms. The molecule has 0 unspecified atom stereocenters. The van der Waals surface area contributed by atoms with Gasteiger partial charge in [0.2, 0.25) is 0 Å². The third kappa shape index (κ3) is 5.09. The van der Waals surface area contributed by atoms with Crippen LogP contribution in [-0.2, 0) is 9.53 Å². The first-order valence-electron chi connectivity index (χ1n) is 5.44. The van der Waals surface area contributed by atoms with E-state index >= 15 is 0 Å². The van der Waals surface area contributed by atoms with E-state index in [1.165, 1.54) is 7.11 Å². The molecule has 98 valence electrons. The second-order valence-corrected chi connectivity index (χ2v) is 4.57. The van der Waals surface area contributed by atoms with Crippen molar-refractivity contribution in [3.63, 3.8) is 0 Å². The third-order valence-electron chi connectivity index (χ3n) is 2.14. The van der Waals surface area contributed by atoms with Gasteiger partial charge in [0.25, 0.3) is 0 Å². The van der Waals surface area contributed by atoms with E-state index in [1.54, 1.807) is 18.8 Å². The van der Waals surface area contributed by atoms with Crippen molar-refractivity contribution >= 4 is 29.4 Å². The summed E-state index contributed by atoms with van der Waals surface area (Å²) in [6.45, 7) is 0. The molecule has 6 heteroatoms. The molecule has 0 aliphatic rings. The van der Waals surface area contributed by atoms with Crippen LogP contribution in [0.1, 0.15) is 6.42 Å². The number of thioether (sulfide) groups is 1. The minimum atomic E-state index is -0.249. The van der Waals surface area contributed by atoms with Crippen molar-refractivity contribution in [2.45, 2.75) is 11.3 Å².